The second kappa shape index (κ2) is 8.47. The normalized spacial score (nSPS) is 16.6. The molecule has 1 N–H and O–H groups in total. The number of nitrogens with zero attached hydrogens (tertiary/aromatic N) is 2. The fourth-order valence-corrected chi connectivity index (χ4v) is 4.06. The Morgan fingerprint density at radius 2 is 1.76 bits per heavy atom. The van der Waals surface area contributed by atoms with Crippen molar-refractivity contribution in [1.82, 2.24) is 9.80 Å². The number of hydrogen-bond acceptors (Lipinski definition) is 4. The molecule has 1 aliphatic heterocycles. The van der Waals surface area contributed by atoms with Gasteiger partial charge in [0.25, 0.3) is 0 Å². The first-order chi connectivity index (χ1) is 12.1. The summed E-state index contributed by atoms with van der Waals surface area (Å²) in [6.45, 7) is 1.32. The summed E-state index contributed by atoms with van der Waals surface area (Å²) >= 11 is 7.01. The molecule has 2 aromatic carbocycles. The van der Waals surface area contributed by atoms with Crippen LogP contribution in [-0.4, -0.2) is 44.3 Å². The van der Waals surface area contributed by atoms with Gasteiger partial charge in [0.2, 0.25) is 0 Å². The largest absolute Gasteiger partial charge is 0.480 e. The van der Waals surface area contributed by atoms with E-state index in [0.29, 0.717) is 12.5 Å². The number of rotatable bonds is 6. The van der Waals surface area contributed by atoms with E-state index in [9.17, 15) is 9.90 Å². The van der Waals surface area contributed by atoms with Crippen molar-refractivity contribution in [3.63, 3.8) is 0 Å². The molecule has 1 fully saturated rings. The Hall–Kier alpha value is -1.89. The van der Waals surface area contributed by atoms with Gasteiger partial charge in [-0.15, -0.1) is 0 Å². The topological polar surface area (TPSA) is 43.8 Å². The smallest absolute Gasteiger partial charge is 0.325 e. The zero-order chi connectivity index (χ0) is 17.6. The highest BCUT2D eigenvalue weighted by molar-refractivity contribution is 8.22. The molecule has 4 nitrogen and oxygen atoms in total. The van der Waals surface area contributed by atoms with Crippen LogP contribution in [0.25, 0.3) is 0 Å². The summed E-state index contributed by atoms with van der Waals surface area (Å²) in [5, 5.41) is 9.74. The minimum absolute atomic E-state index is 0.532. The summed E-state index contributed by atoms with van der Waals surface area (Å²) in [7, 11) is 0. The molecule has 0 saturated carbocycles. The molecule has 1 aliphatic rings. The van der Waals surface area contributed by atoms with Gasteiger partial charge in [-0.1, -0.05) is 84.6 Å². The van der Waals surface area contributed by atoms with Gasteiger partial charge in [-0.25, -0.2) is 0 Å². The summed E-state index contributed by atoms with van der Waals surface area (Å²) < 4.78 is 0.837. The van der Waals surface area contributed by atoms with Crippen molar-refractivity contribution in [1.29, 1.82) is 0 Å². The molecule has 1 saturated heterocycles. The monoisotopic (exact) mass is 372 g/mol. The molecule has 1 unspecified atom stereocenters. The number of hydrogen-bond donors (Lipinski definition) is 1. The van der Waals surface area contributed by atoms with E-state index in [1.807, 2.05) is 53.4 Å². The number of aliphatic carboxylic acids is 1. The van der Waals surface area contributed by atoms with Gasteiger partial charge in [0, 0.05) is 6.54 Å². The minimum atomic E-state index is -0.831. The molecule has 25 heavy (non-hydrogen) atoms. The van der Waals surface area contributed by atoms with Gasteiger partial charge in [-0.05, 0) is 17.5 Å². The lowest BCUT2D eigenvalue weighted by Gasteiger charge is -2.39. The SMILES string of the molecule is O=C(O)C(c1ccccc1)N1CSC(=S)N(CCc2ccccc2)C1. The van der Waals surface area contributed by atoms with Crippen LogP contribution in [0.5, 0.6) is 0 Å². The summed E-state index contributed by atoms with van der Waals surface area (Å²) in [5.41, 5.74) is 2.05. The second-order valence-electron chi connectivity index (χ2n) is 5.92. The highest BCUT2D eigenvalue weighted by Gasteiger charge is 2.32. The Morgan fingerprint density at radius 3 is 2.40 bits per heavy atom. The highest BCUT2D eigenvalue weighted by Crippen LogP contribution is 2.28. The van der Waals surface area contributed by atoms with Crippen molar-refractivity contribution in [2.24, 2.45) is 0 Å². The van der Waals surface area contributed by atoms with Crippen molar-refractivity contribution in [2.75, 3.05) is 19.1 Å². The molecule has 3 rings (SSSR count). The van der Waals surface area contributed by atoms with Crippen molar-refractivity contribution < 1.29 is 9.90 Å². The van der Waals surface area contributed by atoms with E-state index in [1.165, 1.54) is 17.3 Å². The molecule has 0 aromatic heterocycles. The summed E-state index contributed by atoms with van der Waals surface area (Å²) in [6, 6.07) is 19.0. The minimum Gasteiger partial charge on any atom is -0.480 e. The van der Waals surface area contributed by atoms with Gasteiger partial charge < -0.3 is 10.0 Å². The van der Waals surface area contributed by atoms with E-state index in [2.05, 4.69) is 17.0 Å². The summed E-state index contributed by atoms with van der Waals surface area (Å²) in [6.07, 6.45) is 0.887. The van der Waals surface area contributed by atoms with Crippen LogP contribution in [0.3, 0.4) is 0 Å². The zero-order valence-corrected chi connectivity index (χ0v) is 15.4. The van der Waals surface area contributed by atoms with E-state index in [-0.39, 0.29) is 0 Å². The summed E-state index contributed by atoms with van der Waals surface area (Å²) in [5.74, 6) is -0.241. The zero-order valence-electron chi connectivity index (χ0n) is 13.7. The quantitative estimate of drug-likeness (QED) is 0.782. The average molecular weight is 373 g/mol. The van der Waals surface area contributed by atoms with Crippen LogP contribution in [-0.2, 0) is 11.2 Å². The predicted octanol–water partition coefficient (Wildman–Crippen LogP) is 3.61. The first-order valence-electron chi connectivity index (χ1n) is 8.12. The maximum absolute atomic E-state index is 11.9. The Morgan fingerprint density at radius 1 is 1.12 bits per heavy atom. The van der Waals surface area contributed by atoms with Crippen molar-refractivity contribution in [3.8, 4) is 0 Å². The maximum atomic E-state index is 11.9. The lowest BCUT2D eigenvalue weighted by Crippen LogP contribution is -2.48. The fraction of sp³-hybridized carbons (Fsp3) is 0.263. The average Bonchev–Trinajstić information content (AvgIpc) is 2.63. The van der Waals surface area contributed by atoms with Gasteiger partial charge >= 0.3 is 5.97 Å². The number of thiocarbonyl (C=S) groups is 1. The Labute approximate surface area is 157 Å². The number of thioether (sulfide) groups is 1. The van der Waals surface area contributed by atoms with Crippen LogP contribution < -0.4 is 0 Å². The van der Waals surface area contributed by atoms with Crippen LogP contribution in [0.1, 0.15) is 17.2 Å². The Kier molecular flexibility index (Phi) is 6.07. The third kappa shape index (κ3) is 4.60. The highest BCUT2D eigenvalue weighted by atomic mass is 32.2. The third-order valence-corrected chi connectivity index (χ3v) is 5.77. The Balaban J connectivity index is 1.70. The lowest BCUT2D eigenvalue weighted by atomic mass is 10.1. The van der Waals surface area contributed by atoms with Crippen molar-refractivity contribution >= 4 is 34.3 Å². The van der Waals surface area contributed by atoms with Gasteiger partial charge in [0.15, 0.2) is 0 Å². The van der Waals surface area contributed by atoms with Gasteiger partial charge in [-0.2, -0.15) is 0 Å². The molecule has 130 valence electrons. The van der Waals surface area contributed by atoms with Crippen LogP contribution in [0, 0.1) is 0 Å². The second-order valence-corrected chi connectivity index (χ2v) is 7.50. The van der Waals surface area contributed by atoms with Crippen LogP contribution >= 0.6 is 24.0 Å². The number of benzene rings is 2. The van der Waals surface area contributed by atoms with Gasteiger partial charge in [0.1, 0.15) is 10.4 Å². The van der Waals surface area contributed by atoms with E-state index in [0.717, 1.165) is 22.8 Å². The van der Waals surface area contributed by atoms with Crippen LogP contribution in [0.15, 0.2) is 60.7 Å². The molecule has 2 aromatic rings. The fourth-order valence-electron chi connectivity index (χ4n) is 2.92. The molecular weight excluding hydrogens is 352 g/mol. The molecule has 0 radical (unpaired) electrons. The summed E-state index contributed by atoms with van der Waals surface area (Å²) in [4.78, 5) is 15.9. The first-order valence-corrected chi connectivity index (χ1v) is 9.52. The molecule has 0 bridgehead atoms. The lowest BCUT2D eigenvalue weighted by molar-refractivity contribution is -0.143. The van der Waals surface area contributed by atoms with E-state index in [4.69, 9.17) is 12.2 Å². The van der Waals surface area contributed by atoms with E-state index in [1.54, 1.807) is 0 Å². The third-order valence-electron chi connectivity index (χ3n) is 4.19. The van der Waals surface area contributed by atoms with E-state index >= 15 is 0 Å². The van der Waals surface area contributed by atoms with Crippen molar-refractivity contribution in [2.45, 2.75) is 12.5 Å². The first kappa shape index (κ1) is 17.9. The van der Waals surface area contributed by atoms with E-state index < -0.39 is 12.0 Å². The molecular formula is C19H20N2O2S2. The number of carboxylic acid groups (broad SMARTS) is 1. The van der Waals surface area contributed by atoms with Crippen LogP contribution in [0.2, 0.25) is 0 Å². The molecule has 0 spiro atoms. The van der Waals surface area contributed by atoms with Crippen LogP contribution in [0.4, 0.5) is 0 Å². The van der Waals surface area contributed by atoms with Crippen molar-refractivity contribution in [3.05, 3.63) is 71.8 Å². The maximum Gasteiger partial charge on any atom is 0.325 e. The molecule has 6 heteroatoms. The Bertz CT molecular complexity index is 725. The number of carbonyl (C=O) groups is 1. The predicted molar refractivity (Wildman–Crippen MR) is 105 cm³/mol. The molecule has 0 amide bonds. The molecule has 1 atom stereocenters. The number of carboxylic acids is 1. The standard InChI is InChI=1S/C19H20N2O2S2/c22-18(23)17(16-9-5-2-6-10-16)21-13-20(19(24)25-14-21)12-11-15-7-3-1-4-8-15/h1-10,17H,11-14H2,(H,22,23). The molecule has 0 aliphatic carbocycles. The molecule has 1 heterocycles. The van der Waals surface area contributed by atoms with Gasteiger partial charge in [-0.3, -0.25) is 9.69 Å². The van der Waals surface area contributed by atoms with Gasteiger partial charge in [0.05, 0.1) is 12.5 Å².